The van der Waals surface area contributed by atoms with Crippen molar-refractivity contribution in [3.63, 3.8) is 0 Å². The van der Waals surface area contributed by atoms with Crippen LogP contribution in [-0.2, 0) is 0 Å². The molecule has 1 fully saturated rings. The first-order chi connectivity index (χ1) is 13.0. The zero-order valence-electron chi connectivity index (χ0n) is 15.7. The minimum atomic E-state index is -0.528. The fourth-order valence-corrected chi connectivity index (χ4v) is 3.96. The minimum absolute atomic E-state index is 0.0396. The van der Waals surface area contributed by atoms with E-state index in [0.29, 0.717) is 55.0 Å². The van der Waals surface area contributed by atoms with Crippen LogP contribution in [0.25, 0.3) is 0 Å². The van der Waals surface area contributed by atoms with Crippen molar-refractivity contribution in [1.82, 2.24) is 4.90 Å². The summed E-state index contributed by atoms with van der Waals surface area (Å²) in [6, 6.07) is 13.0. The van der Waals surface area contributed by atoms with Gasteiger partial charge in [-0.2, -0.15) is 0 Å². The lowest BCUT2D eigenvalue weighted by Crippen LogP contribution is -2.52. The van der Waals surface area contributed by atoms with Crippen LogP contribution >= 0.6 is 0 Å². The Morgan fingerprint density at radius 3 is 2.63 bits per heavy atom. The number of hydrogen-bond acceptors (Lipinski definition) is 4. The van der Waals surface area contributed by atoms with Crippen LogP contribution in [0.1, 0.15) is 45.5 Å². The van der Waals surface area contributed by atoms with Gasteiger partial charge in [0.05, 0.1) is 19.1 Å². The summed E-state index contributed by atoms with van der Waals surface area (Å²) in [5.74, 6) is 1.39. The van der Waals surface area contributed by atoms with E-state index in [1.807, 2.05) is 36.1 Å². The van der Waals surface area contributed by atoms with E-state index in [4.69, 9.17) is 9.47 Å². The summed E-state index contributed by atoms with van der Waals surface area (Å²) in [6.45, 7) is 3.15. The van der Waals surface area contributed by atoms with E-state index >= 15 is 0 Å². The first-order valence-electron chi connectivity index (χ1n) is 9.26. The second-order valence-corrected chi connectivity index (χ2v) is 7.41. The SMILES string of the molecule is COc1ccc2c(c1)OC1(CCN(C(=O)c3cccc(C)c3)CC1)CC2=O. The maximum atomic E-state index is 12.8. The number of ketones is 1. The summed E-state index contributed by atoms with van der Waals surface area (Å²) in [4.78, 5) is 27.3. The molecule has 0 aliphatic carbocycles. The Bertz CT molecular complexity index is 897. The summed E-state index contributed by atoms with van der Waals surface area (Å²) >= 11 is 0. The number of benzene rings is 2. The molecule has 140 valence electrons. The number of ether oxygens (including phenoxy) is 2. The van der Waals surface area contributed by atoms with Gasteiger partial charge < -0.3 is 14.4 Å². The van der Waals surface area contributed by atoms with E-state index in [2.05, 4.69) is 0 Å². The predicted octanol–water partition coefficient (Wildman–Crippen LogP) is 3.64. The average Bonchev–Trinajstić information content (AvgIpc) is 2.67. The van der Waals surface area contributed by atoms with Crippen molar-refractivity contribution >= 4 is 11.7 Å². The molecule has 4 rings (SSSR count). The predicted molar refractivity (Wildman–Crippen MR) is 102 cm³/mol. The summed E-state index contributed by atoms with van der Waals surface area (Å²) in [7, 11) is 1.59. The Balaban J connectivity index is 1.50. The topological polar surface area (TPSA) is 55.8 Å². The summed E-state index contributed by atoms with van der Waals surface area (Å²) in [5.41, 5.74) is 1.86. The molecule has 0 N–H and O–H groups in total. The molecule has 1 saturated heterocycles. The van der Waals surface area contributed by atoms with Gasteiger partial charge in [-0.3, -0.25) is 9.59 Å². The largest absolute Gasteiger partial charge is 0.497 e. The molecule has 0 saturated carbocycles. The van der Waals surface area contributed by atoms with Crippen molar-refractivity contribution in [2.75, 3.05) is 20.2 Å². The number of nitrogens with zero attached hydrogens (tertiary/aromatic N) is 1. The van der Waals surface area contributed by atoms with Crippen molar-refractivity contribution in [2.45, 2.75) is 31.8 Å². The molecular formula is C22H23NO4. The molecule has 0 unspecified atom stereocenters. The van der Waals surface area contributed by atoms with Crippen molar-refractivity contribution in [3.05, 3.63) is 59.2 Å². The zero-order chi connectivity index (χ0) is 19.0. The van der Waals surface area contributed by atoms with E-state index in [1.54, 1.807) is 25.3 Å². The molecule has 2 heterocycles. The first-order valence-corrected chi connectivity index (χ1v) is 9.26. The molecule has 0 aromatic heterocycles. The third-order valence-electron chi connectivity index (χ3n) is 5.53. The van der Waals surface area contributed by atoms with Gasteiger partial charge in [0, 0.05) is 37.6 Å². The highest BCUT2D eigenvalue weighted by Crippen LogP contribution is 2.40. The monoisotopic (exact) mass is 365 g/mol. The van der Waals surface area contributed by atoms with Crippen molar-refractivity contribution in [1.29, 1.82) is 0 Å². The third-order valence-corrected chi connectivity index (χ3v) is 5.53. The number of Topliss-reactive ketones (excluding diaryl/α,β-unsaturated/α-hetero) is 1. The fourth-order valence-electron chi connectivity index (χ4n) is 3.96. The lowest BCUT2D eigenvalue weighted by atomic mass is 9.82. The van der Waals surface area contributed by atoms with Gasteiger partial charge in [0.1, 0.15) is 17.1 Å². The molecule has 1 amide bonds. The van der Waals surface area contributed by atoms with Gasteiger partial charge in [0.25, 0.3) is 5.91 Å². The minimum Gasteiger partial charge on any atom is -0.497 e. The molecule has 0 radical (unpaired) electrons. The van der Waals surface area contributed by atoms with Gasteiger partial charge in [-0.15, -0.1) is 0 Å². The standard InChI is InChI=1S/C22H23NO4/c1-15-4-3-5-16(12-15)21(25)23-10-8-22(9-11-23)14-19(24)18-7-6-17(26-2)13-20(18)27-22/h3-7,12-13H,8-11,14H2,1-2H3. The maximum Gasteiger partial charge on any atom is 0.253 e. The highest BCUT2D eigenvalue weighted by Gasteiger charge is 2.43. The second kappa shape index (κ2) is 6.72. The molecule has 2 aliphatic rings. The summed E-state index contributed by atoms with van der Waals surface area (Å²) < 4.78 is 11.5. The van der Waals surface area contributed by atoms with Gasteiger partial charge in [0.2, 0.25) is 0 Å². The van der Waals surface area contributed by atoms with Gasteiger partial charge in [0.15, 0.2) is 5.78 Å². The van der Waals surface area contributed by atoms with Crippen molar-refractivity contribution in [2.24, 2.45) is 0 Å². The number of hydrogen-bond donors (Lipinski definition) is 0. The Kier molecular flexibility index (Phi) is 4.38. The fraction of sp³-hybridized carbons (Fsp3) is 0.364. The van der Waals surface area contributed by atoms with E-state index < -0.39 is 5.60 Å². The van der Waals surface area contributed by atoms with Crippen LogP contribution in [0.15, 0.2) is 42.5 Å². The number of carbonyl (C=O) groups is 2. The Morgan fingerprint density at radius 2 is 1.93 bits per heavy atom. The number of amides is 1. The van der Waals surface area contributed by atoms with Crippen LogP contribution in [0.5, 0.6) is 11.5 Å². The average molecular weight is 365 g/mol. The molecule has 1 spiro atoms. The van der Waals surface area contributed by atoms with Crippen LogP contribution in [0.3, 0.4) is 0 Å². The van der Waals surface area contributed by atoms with Crippen molar-refractivity contribution in [3.8, 4) is 11.5 Å². The highest BCUT2D eigenvalue weighted by atomic mass is 16.5. The van der Waals surface area contributed by atoms with Gasteiger partial charge >= 0.3 is 0 Å². The smallest absolute Gasteiger partial charge is 0.253 e. The maximum absolute atomic E-state index is 12.8. The van der Waals surface area contributed by atoms with Crippen LogP contribution in [0, 0.1) is 6.92 Å². The summed E-state index contributed by atoms with van der Waals surface area (Å²) in [5, 5.41) is 0. The van der Waals surface area contributed by atoms with E-state index in [9.17, 15) is 9.59 Å². The molecule has 2 aromatic rings. The van der Waals surface area contributed by atoms with E-state index in [-0.39, 0.29) is 11.7 Å². The lowest BCUT2D eigenvalue weighted by molar-refractivity contribution is -0.00581. The molecule has 5 heteroatoms. The van der Waals surface area contributed by atoms with Gasteiger partial charge in [-0.05, 0) is 31.2 Å². The van der Waals surface area contributed by atoms with Crippen molar-refractivity contribution < 1.29 is 19.1 Å². The quantitative estimate of drug-likeness (QED) is 0.815. The number of methoxy groups -OCH3 is 1. The van der Waals surface area contributed by atoms with E-state index in [0.717, 1.165) is 5.56 Å². The van der Waals surface area contributed by atoms with E-state index in [1.165, 1.54) is 0 Å². The van der Waals surface area contributed by atoms with Crippen LogP contribution in [0.4, 0.5) is 0 Å². The van der Waals surface area contributed by atoms with Gasteiger partial charge in [-0.1, -0.05) is 17.7 Å². The Morgan fingerprint density at radius 1 is 1.15 bits per heavy atom. The first kappa shape index (κ1) is 17.6. The van der Waals surface area contributed by atoms with Gasteiger partial charge in [-0.25, -0.2) is 0 Å². The van der Waals surface area contributed by atoms with Crippen LogP contribution in [-0.4, -0.2) is 42.4 Å². The molecule has 0 atom stereocenters. The van der Waals surface area contributed by atoms with Crippen LogP contribution < -0.4 is 9.47 Å². The van der Waals surface area contributed by atoms with Crippen LogP contribution in [0.2, 0.25) is 0 Å². The summed E-state index contributed by atoms with van der Waals surface area (Å²) in [6.07, 6.45) is 1.65. The molecular weight excluding hydrogens is 342 g/mol. The number of piperidine rings is 1. The number of aryl methyl sites for hydroxylation is 1. The Hall–Kier alpha value is -2.82. The molecule has 2 aliphatic heterocycles. The highest BCUT2D eigenvalue weighted by molar-refractivity contribution is 6.00. The molecule has 2 aromatic carbocycles. The number of fused-ring (bicyclic) bond motifs is 1. The number of carbonyl (C=O) groups excluding carboxylic acids is 2. The number of likely N-dealkylation sites (tertiary alicyclic amines) is 1. The Labute approximate surface area is 158 Å². The lowest BCUT2D eigenvalue weighted by Gasteiger charge is -2.44. The normalized spacial score (nSPS) is 18.0. The zero-order valence-corrected chi connectivity index (χ0v) is 15.7. The third kappa shape index (κ3) is 3.29. The molecule has 5 nitrogen and oxygen atoms in total. The number of rotatable bonds is 2. The molecule has 27 heavy (non-hydrogen) atoms. The molecule has 0 bridgehead atoms. The second-order valence-electron chi connectivity index (χ2n) is 7.41.